The lowest BCUT2D eigenvalue weighted by Crippen LogP contribution is -2.50. The molecule has 2 aromatic heterocycles. The number of likely N-dealkylation sites (N-methyl/N-ethyl adjacent to an activating group) is 1. The second kappa shape index (κ2) is 7.93. The van der Waals surface area contributed by atoms with Crippen LogP contribution in [0.3, 0.4) is 0 Å². The van der Waals surface area contributed by atoms with E-state index in [1.165, 1.54) is 0 Å². The number of alkyl halides is 3. The first kappa shape index (κ1) is 22.3. The van der Waals surface area contributed by atoms with E-state index in [-0.39, 0.29) is 36.4 Å². The predicted molar refractivity (Wildman–Crippen MR) is 115 cm³/mol. The highest BCUT2D eigenvalue weighted by Crippen LogP contribution is 2.37. The highest BCUT2D eigenvalue weighted by Gasteiger charge is 2.38. The highest BCUT2D eigenvalue weighted by atomic mass is 19.4. The van der Waals surface area contributed by atoms with Crippen LogP contribution in [0.4, 0.5) is 30.6 Å². The molecule has 1 aliphatic carbocycles. The molecule has 11 heteroatoms. The maximum atomic E-state index is 13.2. The minimum Gasteiger partial charge on any atom is -0.351 e. The van der Waals surface area contributed by atoms with Gasteiger partial charge in [0.1, 0.15) is 17.4 Å². The van der Waals surface area contributed by atoms with Crippen molar-refractivity contribution in [2.24, 2.45) is 11.8 Å². The van der Waals surface area contributed by atoms with Crippen molar-refractivity contribution in [1.82, 2.24) is 19.7 Å². The fourth-order valence-electron chi connectivity index (χ4n) is 4.62. The van der Waals surface area contributed by atoms with Crippen LogP contribution in [0.15, 0.2) is 6.07 Å². The van der Waals surface area contributed by atoms with E-state index in [0.29, 0.717) is 41.7 Å². The summed E-state index contributed by atoms with van der Waals surface area (Å²) in [4.78, 5) is 23.4. The lowest BCUT2D eigenvalue weighted by Gasteiger charge is -2.38. The van der Waals surface area contributed by atoms with Crippen LogP contribution in [0.1, 0.15) is 43.8 Å². The Morgan fingerprint density at radius 1 is 1.25 bits per heavy atom. The van der Waals surface area contributed by atoms with Crippen molar-refractivity contribution >= 4 is 23.4 Å². The van der Waals surface area contributed by atoms with Crippen LogP contribution >= 0.6 is 0 Å². The van der Waals surface area contributed by atoms with Gasteiger partial charge in [-0.15, -0.1) is 0 Å². The maximum absolute atomic E-state index is 13.2. The number of hydrogen-bond donors (Lipinski definition) is 2. The smallest absolute Gasteiger partial charge is 0.351 e. The zero-order valence-electron chi connectivity index (χ0n) is 18.8. The average Bonchev–Trinajstić information content (AvgIpc) is 3.01. The molecule has 1 saturated carbocycles. The van der Waals surface area contributed by atoms with E-state index in [9.17, 15) is 18.0 Å². The van der Waals surface area contributed by atoms with E-state index in [0.717, 1.165) is 10.7 Å². The molecule has 1 atom stereocenters. The second-order valence-corrected chi connectivity index (χ2v) is 9.15. The summed E-state index contributed by atoms with van der Waals surface area (Å²) in [6.07, 6.45) is -3.00. The van der Waals surface area contributed by atoms with Crippen molar-refractivity contribution in [2.45, 2.75) is 65.3 Å². The number of hydrogen-bond acceptors (Lipinski definition) is 6. The summed E-state index contributed by atoms with van der Waals surface area (Å²) in [7, 11) is 1.85. The van der Waals surface area contributed by atoms with E-state index in [4.69, 9.17) is 0 Å². The van der Waals surface area contributed by atoms with E-state index in [2.05, 4.69) is 25.7 Å². The van der Waals surface area contributed by atoms with Gasteiger partial charge in [0.2, 0.25) is 11.9 Å². The molecule has 2 N–H and O–H groups in total. The largest absolute Gasteiger partial charge is 0.433 e. The fourth-order valence-corrected chi connectivity index (χ4v) is 4.62. The van der Waals surface area contributed by atoms with Crippen molar-refractivity contribution in [3.05, 3.63) is 23.1 Å². The number of carbonyl (C=O) groups is 1. The summed E-state index contributed by atoms with van der Waals surface area (Å²) in [6, 6.07) is 0.837. The molecule has 1 aliphatic heterocycles. The molecule has 0 radical (unpaired) electrons. The van der Waals surface area contributed by atoms with Gasteiger partial charge < -0.3 is 15.5 Å². The van der Waals surface area contributed by atoms with Gasteiger partial charge in [-0.1, -0.05) is 13.8 Å². The lowest BCUT2D eigenvalue weighted by atomic mass is 9.80. The second-order valence-electron chi connectivity index (χ2n) is 9.15. The van der Waals surface area contributed by atoms with Gasteiger partial charge in [0.25, 0.3) is 0 Å². The summed E-state index contributed by atoms with van der Waals surface area (Å²) < 4.78 is 40.6. The number of aryl methyl sites for hydroxylation is 2. The van der Waals surface area contributed by atoms with Gasteiger partial charge in [-0.3, -0.25) is 9.48 Å². The summed E-state index contributed by atoms with van der Waals surface area (Å²) in [5, 5.41) is 10.2. The first-order chi connectivity index (χ1) is 14.9. The Hall–Kier alpha value is -2.85. The van der Waals surface area contributed by atoms with Crippen molar-refractivity contribution in [3.63, 3.8) is 0 Å². The van der Waals surface area contributed by atoms with E-state index < -0.39 is 11.9 Å². The number of aromatic nitrogens is 4. The lowest BCUT2D eigenvalue weighted by molar-refractivity contribution is -0.144. The summed E-state index contributed by atoms with van der Waals surface area (Å²) >= 11 is 0. The molecule has 0 unspecified atom stereocenters. The Kier molecular flexibility index (Phi) is 5.54. The molecule has 0 spiro atoms. The van der Waals surface area contributed by atoms with Crippen molar-refractivity contribution < 1.29 is 18.0 Å². The van der Waals surface area contributed by atoms with E-state index in [1.54, 1.807) is 6.92 Å². The third-order valence-corrected chi connectivity index (χ3v) is 6.16. The molecule has 8 nitrogen and oxygen atoms in total. The molecule has 0 bridgehead atoms. The first-order valence-electron chi connectivity index (χ1n) is 10.7. The summed E-state index contributed by atoms with van der Waals surface area (Å²) in [6.45, 7) is 7.58. The van der Waals surface area contributed by atoms with Crippen LogP contribution in [0.25, 0.3) is 0 Å². The minimum absolute atomic E-state index is 0.0728. The number of rotatable bonds is 5. The molecule has 174 valence electrons. The molecule has 0 saturated heterocycles. The van der Waals surface area contributed by atoms with Crippen molar-refractivity contribution in [3.8, 4) is 0 Å². The molecule has 32 heavy (non-hydrogen) atoms. The first-order valence-corrected chi connectivity index (χ1v) is 10.7. The molecular formula is C21H28F3N7O. The van der Waals surface area contributed by atoms with Crippen LogP contribution in [0.5, 0.6) is 0 Å². The number of anilines is 3. The Labute approximate surface area is 184 Å². The van der Waals surface area contributed by atoms with Crippen LogP contribution in [0, 0.1) is 25.7 Å². The number of amides is 1. The predicted octanol–water partition coefficient (Wildman–Crippen LogP) is 3.61. The summed E-state index contributed by atoms with van der Waals surface area (Å²) in [5.74, 6) is 1.26. The number of halogens is 3. The topological polar surface area (TPSA) is 88.0 Å². The van der Waals surface area contributed by atoms with Gasteiger partial charge >= 0.3 is 6.18 Å². The van der Waals surface area contributed by atoms with Gasteiger partial charge in [0.05, 0.1) is 11.4 Å². The maximum Gasteiger partial charge on any atom is 0.433 e. The molecule has 0 aromatic carbocycles. The molecule has 2 aliphatic rings. The van der Waals surface area contributed by atoms with E-state index in [1.807, 2.05) is 32.7 Å². The van der Waals surface area contributed by atoms with Gasteiger partial charge in [-0.2, -0.15) is 23.3 Å². The molecular weight excluding hydrogens is 423 g/mol. The molecule has 3 heterocycles. The molecule has 4 rings (SSSR count). The van der Waals surface area contributed by atoms with Crippen LogP contribution in [-0.4, -0.2) is 44.8 Å². The normalized spacial score (nSPS) is 23.1. The fraction of sp³-hybridized carbons (Fsp3) is 0.619. The van der Waals surface area contributed by atoms with Crippen LogP contribution in [-0.2, 0) is 17.5 Å². The molecule has 2 aromatic rings. The van der Waals surface area contributed by atoms with E-state index >= 15 is 0 Å². The SMILES string of the molecule is Cc1cc(C(F)(F)F)n(C[C@H]2C[C@@H](Nc3nc(C)c4c(n3)N(C)[C@@H](C(C)C)C(=O)N4)C2)n1. The Morgan fingerprint density at radius 2 is 1.94 bits per heavy atom. The van der Waals surface area contributed by atoms with Crippen molar-refractivity contribution in [1.29, 1.82) is 0 Å². The monoisotopic (exact) mass is 451 g/mol. The van der Waals surface area contributed by atoms with Crippen molar-refractivity contribution in [2.75, 3.05) is 22.6 Å². The highest BCUT2D eigenvalue weighted by molar-refractivity contribution is 6.03. The van der Waals surface area contributed by atoms with Gasteiger partial charge in [-0.25, -0.2) is 4.98 Å². The number of nitrogens with one attached hydrogen (secondary N) is 2. The average molecular weight is 451 g/mol. The Bertz CT molecular complexity index is 1030. The zero-order chi connectivity index (χ0) is 23.4. The van der Waals surface area contributed by atoms with Crippen LogP contribution < -0.4 is 15.5 Å². The quantitative estimate of drug-likeness (QED) is 0.722. The van der Waals surface area contributed by atoms with Crippen LogP contribution in [0.2, 0.25) is 0 Å². The third kappa shape index (κ3) is 4.12. The number of nitrogens with zero attached hydrogens (tertiary/aromatic N) is 5. The summed E-state index contributed by atoms with van der Waals surface area (Å²) in [5.41, 5.74) is 0.933. The Morgan fingerprint density at radius 3 is 2.56 bits per heavy atom. The number of carbonyl (C=O) groups excluding carboxylic acids is 1. The van der Waals surface area contributed by atoms with Gasteiger partial charge in [-0.05, 0) is 44.6 Å². The zero-order valence-corrected chi connectivity index (χ0v) is 18.8. The molecule has 1 fully saturated rings. The minimum atomic E-state index is -4.41. The Balaban J connectivity index is 1.42. The van der Waals surface area contributed by atoms with Gasteiger partial charge in [0, 0.05) is 19.6 Å². The third-order valence-electron chi connectivity index (χ3n) is 6.16. The van der Waals surface area contributed by atoms with Gasteiger partial charge in [0.15, 0.2) is 5.82 Å². The number of fused-ring (bicyclic) bond motifs is 1. The standard InChI is InChI=1S/C21H28F3N7O/c1-10(2)17-19(32)27-16-12(4)25-20(28-18(16)30(17)5)26-14-7-13(8-14)9-31-15(21(22,23)24)6-11(3)29-31/h6,10,13-14,17H,7-9H2,1-5H3,(H,27,32)(H,25,26,28)/t13-,14+,17-/m0/s1. The molecule has 1 amide bonds.